The van der Waals surface area contributed by atoms with Crippen molar-refractivity contribution in [3.63, 3.8) is 0 Å². The van der Waals surface area contributed by atoms with E-state index in [9.17, 15) is 4.79 Å². The van der Waals surface area contributed by atoms with Crippen molar-refractivity contribution in [3.8, 4) is 0 Å². The predicted molar refractivity (Wildman–Crippen MR) is 79.8 cm³/mol. The number of carbonyl (C=O) groups is 1. The highest BCUT2D eigenvalue weighted by Crippen LogP contribution is 2.22. The van der Waals surface area contributed by atoms with E-state index in [1.807, 2.05) is 6.92 Å². The quantitative estimate of drug-likeness (QED) is 0.596. The molecule has 20 heavy (non-hydrogen) atoms. The molecule has 0 radical (unpaired) electrons. The van der Waals surface area contributed by atoms with E-state index in [-0.39, 0.29) is 5.91 Å². The van der Waals surface area contributed by atoms with E-state index in [0.717, 1.165) is 12.1 Å². The van der Waals surface area contributed by atoms with E-state index in [1.54, 1.807) is 36.1 Å². The average molecular weight is 294 g/mol. The SMILES string of the molecule is CCc1nn(C)cc1NC(=O)c1cc(Cl)ccc1NN. The second-order valence-corrected chi connectivity index (χ2v) is 4.74. The number of nitrogens with zero attached hydrogens (tertiary/aromatic N) is 2. The van der Waals surface area contributed by atoms with E-state index in [2.05, 4.69) is 15.8 Å². The highest BCUT2D eigenvalue weighted by molar-refractivity contribution is 6.31. The topological polar surface area (TPSA) is 85.0 Å². The summed E-state index contributed by atoms with van der Waals surface area (Å²) in [5.74, 6) is 5.11. The van der Waals surface area contributed by atoms with Crippen LogP contribution in [-0.4, -0.2) is 15.7 Å². The molecule has 0 bridgehead atoms. The van der Waals surface area contributed by atoms with Crippen LogP contribution in [0.4, 0.5) is 11.4 Å². The minimum atomic E-state index is -0.289. The number of benzene rings is 1. The fourth-order valence-electron chi connectivity index (χ4n) is 1.92. The highest BCUT2D eigenvalue weighted by Gasteiger charge is 2.15. The molecule has 1 amide bonds. The third-order valence-corrected chi connectivity index (χ3v) is 3.11. The molecule has 0 saturated carbocycles. The molecule has 0 fully saturated rings. The van der Waals surface area contributed by atoms with Crippen molar-refractivity contribution >= 4 is 28.9 Å². The summed E-state index contributed by atoms with van der Waals surface area (Å²) < 4.78 is 1.66. The normalized spacial score (nSPS) is 10.4. The molecule has 2 aromatic rings. The molecule has 6 nitrogen and oxygen atoms in total. The molecular formula is C13H16ClN5O. The van der Waals surface area contributed by atoms with Gasteiger partial charge in [0.1, 0.15) is 0 Å². The first-order valence-electron chi connectivity index (χ1n) is 6.15. The maximum Gasteiger partial charge on any atom is 0.257 e. The molecule has 0 spiro atoms. The number of nitrogen functional groups attached to an aromatic ring is 1. The lowest BCUT2D eigenvalue weighted by atomic mass is 10.1. The number of carbonyl (C=O) groups excluding carboxylic acids is 1. The van der Waals surface area contributed by atoms with Crippen LogP contribution >= 0.6 is 11.6 Å². The molecule has 2 rings (SSSR count). The zero-order valence-corrected chi connectivity index (χ0v) is 12.0. The van der Waals surface area contributed by atoms with Gasteiger partial charge in [-0.2, -0.15) is 5.10 Å². The Morgan fingerprint density at radius 2 is 2.20 bits per heavy atom. The summed E-state index contributed by atoms with van der Waals surface area (Å²) in [5.41, 5.74) is 4.88. The van der Waals surface area contributed by atoms with Gasteiger partial charge >= 0.3 is 0 Å². The number of hydrogen-bond acceptors (Lipinski definition) is 4. The van der Waals surface area contributed by atoms with E-state index < -0.39 is 0 Å². The molecule has 1 aromatic carbocycles. The van der Waals surface area contributed by atoms with Gasteiger partial charge in [0, 0.05) is 18.3 Å². The lowest BCUT2D eigenvalue weighted by Gasteiger charge is -2.09. The first-order valence-corrected chi connectivity index (χ1v) is 6.53. The molecule has 1 aromatic heterocycles. The molecule has 4 N–H and O–H groups in total. The Labute approximate surface area is 121 Å². The summed E-state index contributed by atoms with van der Waals surface area (Å²) in [4.78, 5) is 12.3. The molecular weight excluding hydrogens is 278 g/mol. The summed E-state index contributed by atoms with van der Waals surface area (Å²) in [6.45, 7) is 1.98. The number of nitrogens with one attached hydrogen (secondary N) is 2. The maximum absolute atomic E-state index is 12.3. The van der Waals surface area contributed by atoms with Gasteiger partial charge in [-0.25, -0.2) is 0 Å². The van der Waals surface area contributed by atoms with Gasteiger partial charge in [0.15, 0.2) is 0 Å². The van der Waals surface area contributed by atoms with Crippen LogP contribution in [-0.2, 0) is 13.5 Å². The molecule has 0 unspecified atom stereocenters. The van der Waals surface area contributed by atoms with Crippen molar-refractivity contribution in [1.82, 2.24) is 9.78 Å². The third-order valence-electron chi connectivity index (χ3n) is 2.87. The number of amides is 1. The summed E-state index contributed by atoms with van der Waals surface area (Å²) in [5, 5.41) is 7.56. The van der Waals surface area contributed by atoms with Crippen LogP contribution in [0.1, 0.15) is 23.0 Å². The maximum atomic E-state index is 12.3. The van der Waals surface area contributed by atoms with E-state index in [0.29, 0.717) is 22.0 Å². The Bertz CT molecular complexity index is 638. The fraction of sp³-hybridized carbons (Fsp3) is 0.231. The monoisotopic (exact) mass is 293 g/mol. The van der Waals surface area contributed by atoms with Gasteiger partial charge in [-0.15, -0.1) is 0 Å². The molecule has 0 aliphatic rings. The van der Waals surface area contributed by atoms with E-state index in [1.165, 1.54) is 0 Å². The Morgan fingerprint density at radius 3 is 2.85 bits per heavy atom. The van der Waals surface area contributed by atoms with Crippen LogP contribution in [0, 0.1) is 0 Å². The van der Waals surface area contributed by atoms with Crippen molar-refractivity contribution in [1.29, 1.82) is 0 Å². The number of anilines is 2. The third kappa shape index (κ3) is 2.92. The molecule has 1 heterocycles. The average Bonchev–Trinajstić information content (AvgIpc) is 2.78. The number of nitrogens with two attached hydrogens (primary N) is 1. The van der Waals surface area contributed by atoms with Crippen LogP contribution in [0.5, 0.6) is 0 Å². The molecule has 0 saturated heterocycles. The highest BCUT2D eigenvalue weighted by atomic mass is 35.5. The number of halogens is 1. The van der Waals surface area contributed by atoms with Crippen molar-refractivity contribution in [2.75, 3.05) is 10.7 Å². The first-order chi connectivity index (χ1) is 9.55. The molecule has 7 heteroatoms. The lowest BCUT2D eigenvalue weighted by Crippen LogP contribution is -2.17. The predicted octanol–water partition coefficient (Wildman–Crippen LogP) is 2.17. The Kier molecular flexibility index (Phi) is 4.26. The van der Waals surface area contributed by atoms with Crippen molar-refractivity contribution in [2.45, 2.75) is 13.3 Å². The van der Waals surface area contributed by atoms with Gasteiger partial charge in [-0.05, 0) is 24.6 Å². The van der Waals surface area contributed by atoms with E-state index in [4.69, 9.17) is 17.4 Å². The van der Waals surface area contributed by atoms with Gasteiger partial charge in [-0.1, -0.05) is 18.5 Å². The zero-order chi connectivity index (χ0) is 14.7. The summed E-state index contributed by atoms with van der Waals surface area (Å²) in [7, 11) is 1.81. The second-order valence-electron chi connectivity index (χ2n) is 4.31. The Morgan fingerprint density at radius 1 is 1.45 bits per heavy atom. The second kappa shape index (κ2) is 5.94. The van der Waals surface area contributed by atoms with Crippen molar-refractivity contribution < 1.29 is 4.79 Å². The van der Waals surface area contributed by atoms with Crippen molar-refractivity contribution in [3.05, 3.63) is 40.7 Å². The number of hydrogen-bond donors (Lipinski definition) is 3. The van der Waals surface area contributed by atoms with Crippen LogP contribution < -0.4 is 16.6 Å². The largest absolute Gasteiger partial charge is 0.323 e. The van der Waals surface area contributed by atoms with E-state index >= 15 is 0 Å². The number of rotatable bonds is 4. The van der Waals surface area contributed by atoms with Gasteiger partial charge in [0.25, 0.3) is 5.91 Å². The van der Waals surface area contributed by atoms with Gasteiger partial charge in [-0.3, -0.25) is 15.3 Å². The fourth-order valence-corrected chi connectivity index (χ4v) is 2.09. The number of aromatic nitrogens is 2. The smallest absolute Gasteiger partial charge is 0.257 e. The first kappa shape index (κ1) is 14.4. The summed E-state index contributed by atoms with van der Waals surface area (Å²) >= 11 is 5.92. The zero-order valence-electron chi connectivity index (χ0n) is 11.3. The number of aryl methyl sites for hydroxylation is 2. The number of hydrazine groups is 1. The van der Waals surface area contributed by atoms with Gasteiger partial charge in [0.05, 0.1) is 22.6 Å². The van der Waals surface area contributed by atoms with Crippen molar-refractivity contribution in [2.24, 2.45) is 12.9 Å². The standard InChI is InChI=1S/C13H16ClN5O/c1-3-10-12(7-19(2)18-10)16-13(20)9-6-8(14)4-5-11(9)17-15/h4-7,17H,3,15H2,1-2H3,(H,16,20). The van der Waals surface area contributed by atoms with Crippen LogP contribution in [0.3, 0.4) is 0 Å². The molecule has 0 aliphatic carbocycles. The summed E-state index contributed by atoms with van der Waals surface area (Å²) in [6, 6.07) is 4.88. The molecule has 0 aliphatic heterocycles. The van der Waals surface area contributed by atoms with Gasteiger partial charge < -0.3 is 10.7 Å². The Balaban J connectivity index is 2.30. The summed E-state index contributed by atoms with van der Waals surface area (Å²) in [6.07, 6.45) is 2.49. The molecule has 0 atom stereocenters. The minimum absolute atomic E-state index is 0.289. The minimum Gasteiger partial charge on any atom is -0.323 e. The Hall–Kier alpha value is -2.05. The van der Waals surface area contributed by atoms with Gasteiger partial charge in [0.2, 0.25) is 0 Å². The van der Waals surface area contributed by atoms with Crippen LogP contribution in [0.25, 0.3) is 0 Å². The molecule has 106 valence electrons. The lowest BCUT2D eigenvalue weighted by molar-refractivity contribution is 0.102. The van der Waals surface area contributed by atoms with Crippen LogP contribution in [0.15, 0.2) is 24.4 Å². The van der Waals surface area contributed by atoms with Crippen LogP contribution in [0.2, 0.25) is 5.02 Å².